The van der Waals surface area contributed by atoms with Crippen LogP contribution in [0.5, 0.6) is 0 Å². The minimum absolute atomic E-state index is 0.272. The van der Waals surface area contributed by atoms with Gasteiger partial charge in [0.1, 0.15) is 16.5 Å². The van der Waals surface area contributed by atoms with E-state index >= 15 is 0 Å². The number of halogens is 1. The Labute approximate surface area is 244 Å². The molecular formula is C26H30ClN3O7S3. The van der Waals surface area contributed by atoms with Gasteiger partial charge in [0.05, 0.1) is 29.5 Å². The van der Waals surface area contributed by atoms with Gasteiger partial charge in [0.2, 0.25) is 5.91 Å². The number of sulfone groups is 1. The van der Waals surface area contributed by atoms with Crippen molar-refractivity contribution in [1.82, 2.24) is 4.57 Å². The second-order valence-electron chi connectivity index (χ2n) is 9.19. The fourth-order valence-corrected chi connectivity index (χ4v) is 8.20. The maximum Gasteiger partial charge on any atom is 0.341 e. The van der Waals surface area contributed by atoms with Crippen molar-refractivity contribution in [2.24, 2.45) is 4.99 Å². The molecule has 0 fully saturated rings. The third-order valence-electron chi connectivity index (χ3n) is 6.29. The third kappa shape index (κ3) is 7.38. The third-order valence-corrected chi connectivity index (χ3v) is 10.2. The van der Waals surface area contributed by atoms with Crippen LogP contribution >= 0.6 is 34.3 Å². The zero-order valence-electron chi connectivity index (χ0n) is 22.2. The van der Waals surface area contributed by atoms with Gasteiger partial charge in [0, 0.05) is 23.1 Å². The maximum absolute atomic E-state index is 12.8. The Kier molecular flexibility index (Phi) is 10.2. The van der Waals surface area contributed by atoms with Gasteiger partial charge in [0.25, 0.3) is 5.91 Å². The first-order chi connectivity index (χ1) is 19.1. The molecule has 2 heterocycles. The normalized spacial score (nSPS) is 14.1. The number of nitrogens with one attached hydrogen (secondary N) is 1. The van der Waals surface area contributed by atoms with Crippen LogP contribution in [0, 0.1) is 0 Å². The summed E-state index contributed by atoms with van der Waals surface area (Å²) in [5.41, 5.74) is 1.92. The van der Waals surface area contributed by atoms with E-state index < -0.39 is 39.1 Å². The van der Waals surface area contributed by atoms with Gasteiger partial charge in [0.15, 0.2) is 14.6 Å². The van der Waals surface area contributed by atoms with Crippen molar-refractivity contribution in [2.45, 2.75) is 45.6 Å². The summed E-state index contributed by atoms with van der Waals surface area (Å²) in [5.74, 6) is -4.17. The molecule has 1 aliphatic carbocycles. The van der Waals surface area contributed by atoms with Crippen LogP contribution in [-0.4, -0.2) is 62.6 Å². The first-order valence-corrected chi connectivity index (χ1v) is 16.6. The van der Waals surface area contributed by atoms with Crippen molar-refractivity contribution < 1.29 is 32.3 Å². The lowest BCUT2D eigenvalue weighted by atomic mass is 10.1. The number of ether oxygens (including phenoxy) is 2. The molecule has 0 saturated carbocycles. The summed E-state index contributed by atoms with van der Waals surface area (Å²) < 4.78 is 38.5. The van der Waals surface area contributed by atoms with Crippen LogP contribution in [0.3, 0.4) is 0 Å². The van der Waals surface area contributed by atoms with Gasteiger partial charge in [-0.15, -0.1) is 11.3 Å². The molecule has 0 bridgehead atoms. The predicted molar refractivity (Wildman–Crippen MR) is 156 cm³/mol. The summed E-state index contributed by atoms with van der Waals surface area (Å²) in [5, 5.41) is 3.37. The fraction of sp³-hybridized carbons (Fsp3) is 0.462. The minimum Gasteiger partial charge on any atom is -0.465 e. The molecule has 0 atom stereocenters. The molecule has 0 radical (unpaired) electrons. The number of amides is 2. The van der Waals surface area contributed by atoms with Crippen molar-refractivity contribution in [3.8, 4) is 0 Å². The van der Waals surface area contributed by atoms with Crippen LogP contribution < -0.4 is 10.1 Å². The number of thiazole rings is 1. The molecule has 4 rings (SSSR count). The average molecular weight is 628 g/mol. The maximum atomic E-state index is 12.8. The number of hydrogen-bond donors (Lipinski definition) is 1. The molecule has 40 heavy (non-hydrogen) atoms. The number of benzene rings is 1. The molecule has 0 aliphatic heterocycles. The smallest absolute Gasteiger partial charge is 0.341 e. The van der Waals surface area contributed by atoms with E-state index in [4.69, 9.17) is 21.1 Å². The first kappa shape index (κ1) is 30.4. The fourth-order valence-electron chi connectivity index (χ4n) is 4.54. The molecule has 1 N–H and O–H groups in total. The Balaban J connectivity index is 1.50. The largest absolute Gasteiger partial charge is 0.465 e. The number of rotatable bonds is 10. The summed E-state index contributed by atoms with van der Waals surface area (Å²) in [6.07, 6.45) is 4.40. The van der Waals surface area contributed by atoms with Gasteiger partial charge in [-0.3, -0.25) is 9.59 Å². The van der Waals surface area contributed by atoms with Crippen molar-refractivity contribution in [1.29, 1.82) is 0 Å². The summed E-state index contributed by atoms with van der Waals surface area (Å²) in [6, 6.07) is 5.27. The zero-order chi connectivity index (χ0) is 28.9. The highest BCUT2D eigenvalue weighted by molar-refractivity contribution is 7.92. The van der Waals surface area contributed by atoms with E-state index in [0.717, 1.165) is 46.3 Å². The van der Waals surface area contributed by atoms with Gasteiger partial charge < -0.3 is 19.4 Å². The second kappa shape index (κ2) is 13.4. The lowest BCUT2D eigenvalue weighted by Gasteiger charge is -2.08. The predicted octanol–water partition coefficient (Wildman–Crippen LogP) is 3.99. The Morgan fingerprint density at radius 1 is 1.12 bits per heavy atom. The highest BCUT2D eigenvalue weighted by Crippen LogP contribution is 2.38. The van der Waals surface area contributed by atoms with Crippen molar-refractivity contribution in [3.05, 3.63) is 44.0 Å². The molecule has 3 aromatic rings. The zero-order valence-corrected chi connectivity index (χ0v) is 25.4. The molecule has 1 aliphatic rings. The number of anilines is 1. The molecule has 0 spiro atoms. The second-order valence-corrected chi connectivity index (χ2v) is 13.8. The molecule has 14 heteroatoms. The van der Waals surface area contributed by atoms with Crippen LogP contribution in [0.1, 0.15) is 47.0 Å². The Bertz CT molecular complexity index is 1610. The summed E-state index contributed by atoms with van der Waals surface area (Å²) >= 11 is 8.58. The van der Waals surface area contributed by atoms with Crippen LogP contribution in [0.4, 0.5) is 5.00 Å². The Morgan fingerprint density at radius 2 is 1.90 bits per heavy atom. The van der Waals surface area contributed by atoms with Gasteiger partial charge in [-0.25, -0.2) is 13.2 Å². The van der Waals surface area contributed by atoms with Crippen molar-refractivity contribution in [2.75, 3.05) is 37.1 Å². The standard InChI is InChI=1S/C26H30ClN3O7S3/c1-3-37-12-11-30-18-10-9-16(27)13-20(18)39-26(30)29-22(32)15-40(34,35)14-21(31)28-24-23(25(33)36-2)17-7-5-4-6-8-19(17)38-24/h9-10,13H,3-8,11-12,14-15H2,1-2H3,(H,28,31). The number of carbonyl (C=O) groups excluding carboxylic acids is 3. The molecule has 0 unspecified atom stereocenters. The van der Waals surface area contributed by atoms with E-state index in [1.54, 1.807) is 22.8 Å². The number of methoxy groups -OCH3 is 1. The number of fused-ring (bicyclic) bond motifs is 2. The number of carbonyl (C=O) groups is 3. The molecule has 2 aromatic heterocycles. The van der Waals surface area contributed by atoms with Crippen LogP contribution in [0.15, 0.2) is 23.2 Å². The average Bonchev–Trinajstić information content (AvgIpc) is 3.28. The van der Waals surface area contributed by atoms with E-state index in [0.29, 0.717) is 36.0 Å². The number of aryl methyl sites for hydroxylation is 1. The molecule has 10 nitrogen and oxygen atoms in total. The van der Waals surface area contributed by atoms with E-state index in [1.165, 1.54) is 29.8 Å². The number of esters is 1. The van der Waals surface area contributed by atoms with Crippen LogP contribution in [-0.2, 0) is 48.3 Å². The summed E-state index contributed by atoms with van der Waals surface area (Å²) in [4.78, 5) is 43.4. The van der Waals surface area contributed by atoms with Gasteiger partial charge in [-0.1, -0.05) is 29.4 Å². The SMILES string of the molecule is CCOCCn1c(=NC(=O)CS(=O)(=O)CC(=O)Nc2sc3c(c2C(=O)OC)CCCCC3)sc2cc(Cl)ccc21. The quantitative estimate of drug-likeness (QED) is 0.204. The summed E-state index contributed by atoms with van der Waals surface area (Å²) in [6.45, 7) is 3.18. The molecule has 2 amide bonds. The highest BCUT2D eigenvalue weighted by atomic mass is 35.5. The van der Waals surface area contributed by atoms with Gasteiger partial charge in [-0.05, 0) is 56.4 Å². The van der Waals surface area contributed by atoms with E-state index in [2.05, 4.69) is 10.3 Å². The lowest BCUT2D eigenvalue weighted by molar-refractivity contribution is -0.115. The first-order valence-electron chi connectivity index (χ1n) is 12.8. The monoisotopic (exact) mass is 627 g/mol. The number of hydrogen-bond acceptors (Lipinski definition) is 9. The lowest BCUT2D eigenvalue weighted by Crippen LogP contribution is -2.28. The van der Waals surface area contributed by atoms with E-state index in [1.807, 2.05) is 6.92 Å². The van der Waals surface area contributed by atoms with E-state index in [-0.39, 0.29) is 10.6 Å². The number of nitrogens with zero attached hydrogens (tertiary/aromatic N) is 2. The van der Waals surface area contributed by atoms with Crippen molar-refractivity contribution in [3.63, 3.8) is 0 Å². The van der Waals surface area contributed by atoms with Crippen LogP contribution in [0.2, 0.25) is 5.02 Å². The summed E-state index contributed by atoms with van der Waals surface area (Å²) in [7, 11) is -2.89. The molecule has 216 valence electrons. The van der Waals surface area contributed by atoms with Gasteiger partial charge in [-0.2, -0.15) is 4.99 Å². The Morgan fingerprint density at radius 3 is 2.65 bits per heavy atom. The van der Waals surface area contributed by atoms with Crippen LogP contribution in [0.25, 0.3) is 10.2 Å². The Hall–Kier alpha value is -2.58. The minimum atomic E-state index is -4.15. The number of thiophene rings is 1. The van der Waals surface area contributed by atoms with Crippen molar-refractivity contribution >= 4 is 77.1 Å². The molecule has 1 aromatic carbocycles. The van der Waals surface area contributed by atoms with E-state index in [9.17, 15) is 22.8 Å². The number of aromatic nitrogens is 1. The highest BCUT2D eigenvalue weighted by Gasteiger charge is 2.28. The molecular weight excluding hydrogens is 598 g/mol. The van der Waals surface area contributed by atoms with Gasteiger partial charge >= 0.3 is 5.97 Å². The molecule has 0 saturated heterocycles. The topological polar surface area (TPSA) is 133 Å².